The number of carboxylic acids is 2. The van der Waals surface area contributed by atoms with Gasteiger partial charge >= 0.3 is 0 Å². The summed E-state index contributed by atoms with van der Waals surface area (Å²) in [6.45, 7) is 5.11. The molecule has 1 rings (SSSR count). The second-order valence-electron chi connectivity index (χ2n) is 2.71. The van der Waals surface area contributed by atoms with E-state index in [1.54, 1.807) is 0 Å². The first-order valence-electron chi connectivity index (χ1n) is 4.38. The van der Waals surface area contributed by atoms with Gasteiger partial charge in [-0.25, -0.2) is 0 Å². The minimum Gasteiger partial charge on any atom is -0.503 e. The first-order valence-corrected chi connectivity index (χ1v) is 4.38. The van der Waals surface area contributed by atoms with Crippen LogP contribution in [0.2, 0.25) is 0 Å². The molecule has 0 aromatic rings. The van der Waals surface area contributed by atoms with Crippen molar-refractivity contribution in [3.63, 3.8) is 0 Å². The Balaban J connectivity index is -0.000000145. The van der Waals surface area contributed by atoms with Gasteiger partial charge in [-0.05, 0) is 0 Å². The molecule has 0 aromatic heterocycles. The average molecular weight is 309 g/mol. The Bertz CT molecular complexity index is 124. The predicted molar refractivity (Wildman–Crippen MR) is 53.4 cm³/mol. The minimum atomic E-state index is -1.08. The van der Waals surface area contributed by atoms with Crippen LogP contribution in [0.1, 0.15) is 32.1 Å². The van der Waals surface area contributed by atoms with E-state index in [0.717, 1.165) is 0 Å². The van der Waals surface area contributed by atoms with Crippen molar-refractivity contribution in [3.05, 3.63) is 20.3 Å². The maximum atomic E-state index is 8.89. The SMILES string of the molecule is [Ag].[CH-]1CCCCC1.[CH2-]C(=O)O.[CH2-]C(=O)O. The number of hydrogen-bond donors (Lipinski definition) is 2. The van der Waals surface area contributed by atoms with Crippen LogP contribution in [-0.2, 0) is 32.0 Å². The van der Waals surface area contributed by atoms with Gasteiger partial charge in [0.1, 0.15) is 0 Å². The number of aliphatic carboxylic acids is 2. The van der Waals surface area contributed by atoms with E-state index in [1.807, 2.05) is 0 Å². The van der Waals surface area contributed by atoms with Crippen LogP contribution < -0.4 is 0 Å². The molecule has 1 radical (unpaired) electrons. The van der Waals surface area contributed by atoms with E-state index >= 15 is 0 Å². The molecule has 0 amide bonds. The largest absolute Gasteiger partial charge is 0.503 e. The summed E-state index contributed by atoms with van der Waals surface area (Å²) in [5, 5.41) is 14.6. The fourth-order valence-corrected chi connectivity index (χ4v) is 0.898. The zero-order valence-corrected chi connectivity index (χ0v) is 10.0. The molecule has 0 aliphatic heterocycles. The summed E-state index contributed by atoms with van der Waals surface area (Å²) >= 11 is 0. The summed E-state index contributed by atoms with van der Waals surface area (Å²) in [6, 6.07) is 0. The summed E-state index contributed by atoms with van der Waals surface area (Å²) in [7, 11) is 0. The summed E-state index contributed by atoms with van der Waals surface area (Å²) in [5.74, 6) is -2.17. The van der Waals surface area contributed by atoms with Gasteiger partial charge in [0.15, 0.2) is 11.9 Å². The van der Waals surface area contributed by atoms with Crippen molar-refractivity contribution in [2.45, 2.75) is 32.1 Å². The third-order valence-corrected chi connectivity index (χ3v) is 1.32. The Morgan fingerprint density at radius 1 is 0.933 bits per heavy atom. The van der Waals surface area contributed by atoms with Crippen LogP contribution in [0.5, 0.6) is 0 Å². The zero-order valence-electron chi connectivity index (χ0n) is 8.54. The zero-order chi connectivity index (χ0) is 11.4. The monoisotopic (exact) mass is 308 g/mol. The molecule has 0 atom stereocenters. The fourth-order valence-electron chi connectivity index (χ4n) is 0.898. The van der Waals surface area contributed by atoms with Gasteiger partial charge in [0, 0.05) is 22.4 Å². The standard InChI is InChI=1S/C6H11.2C2H3O2.Ag/c1-2-4-6-5-3-1;2*1-2(3)4;/h1H,2-6H2;2*1H2,(H,3,4);/q3*-1;. The van der Waals surface area contributed by atoms with E-state index < -0.39 is 11.9 Å². The molecule has 0 unspecified atom stereocenters. The predicted octanol–water partition coefficient (Wildman–Crippen LogP) is 1.96. The van der Waals surface area contributed by atoms with Crippen LogP contribution >= 0.6 is 0 Å². The van der Waals surface area contributed by atoms with Crippen molar-refractivity contribution in [1.82, 2.24) is 0 Å². The van der Waals surface area contributed by atoms with Gasteiger partial charge in [0.25, 0.3) is 0 Å². The summed E-state index contributed by atoms with van der Waals surface area (Å²) in [5.41, 5.74) is 0. The van der Waals surface area contributed by atoms with Crippen LogP contribution in [0.3, 0.4) is 0 Å². The molecule has 95 valence electrons. The topological polar surface area (TPSA) is 74.6 Å². The molecule has 4 nitrogen and oxygen atoms in total. The maximum Gasteiger partial charge on any atom is 0.161 e. The van der Waals surface area contributed by atoms with Crippen LogP contribution in [-0.4, -0.2) is 22.2 Å². The average Bonchev–Trinajstić information content (AvgIpc) is 2.05. The molecule has 1 saturated carbocycles. The molecule has 15 heavy (non-hydrogen) atoms. The first kappa shape index (κ1) is 19.9. The second kappa shape index (κ2) is 15.9. The molecule has 1 aliphatic rings. The smallest absolute Gasteiger partial charge is 0.161 e. The van der Waals surface area contributed by atoms with Crippen molar-refractivity contribution in [2.75, 3.05) is 0 Å². The molecule has 5 heteroatoms. The molecule has 1 aliphatic carbocycles. The summed E-state index contributed by atoms with van der Waals surface area (Å²) in [6.07, 6.45) is 9.50. The summed E-state index contributed by atoms with van der Waals surface area (Å²) in [4.78, 5) is 17.8. The van der Waals surface area contributed by atoms with E-state index in [4.69, 9.17) is 19.8 Å². The van der Waals surface area contributed by atoms with E-state index in [-0.39, 0.29) is 22.4 Å². The Morgan fingerprint density at radius 2 is 1.20 bits per heavy atom. The Hall–Kier alpha value is -0.580. The first-order chi connectivity index (χ1) is 6.46. The minimum absolute atomic E-state index is 0. The molecule has 0 aromatic carbocycles. The van der Waals surface area contributed by atoms with Crippen molar-refractivity contribution in [3.8, 4) is 0 Å². The van der Waals surface area contributed by atoms with Crippen LogP contribution in [0.4, 0.5) is 0 Å². The molecule has 1 fully saturated rings. The normalized spacial score (nSPS) is 12.8. The molecule has 0 bridgehead atoms. The van der Waals surface area contributed by atoms with Gasteiger partial charge in [-0.2, -0.15) is 12.8 Å². The number of hydrogen-bond acceptors (Lipinski definition) is 2. The molecule has 0 saturated heterocycles. The van der Waals surface area contributed by atoms with Crippen LogP contribution in [0, 0.1) is 20.3 Å². The van der Waals surface area contributed by atoms with Gasteiger partial charge in [-0.3, -0.25) is 23.4 Å². The van der Waals surface area contributed by atoms with Crippen molar-refractivity contribution >= 4 is 11.9 Å². The van der Waals surface area contributed by atoms with E-state index in [1.165, 1.54) is 32.1 Å². The number of rotatable bonds is 0. The van der Waals surface area contributed by atoms with E-state index in [2.05, 4.69) is 20.3 Å². The van der Waals surface area contributed by atoms with Gasteiger partial charge in [-0.1, -0.05) is 19.3 Å². The van der Waals surface area contributed by atoms with Gasteiger partial charge in [0.2, 0.25) is 0 Å². The molecule has 0 spiro atoms. The third-order valence-electron chi connectivity index (χ3n) is 1.32. The van der Waals surface area contributed by atoms with Crippen molar-refractivity contribution < 1.29 is 42.2 Å². The Kier molecular flexibility index (Phi) is 21.1. The third kappa shape index (κ3) is 59.6. The van der Waals surface area contributed by atoms with Crippen molar-refractivity contribution in [2.24, 2.45) is 0 Å². The van der Waals surface area contributed by atoms with Gasteiger partial charge in [-0.15, -0.1) is 0 Å². The van der Waals surface area contributed by atoms with E-state index in [0.29, 0.717) is 0 Å². The Labute approximate surface area is 107 Å². The Morgan fingerprint density at radius 3 is 1.27 bits per heavy atom. The van der Waals surface area contributed by atoms with E-state index in [9.17, 15) is 0 Å². The van der Waals surface area contributed by atoms with Crippen molar-refractivity contribution in [1.29, 1.82) is 0 Å². The molecule has 0 heterocycles. The second-order valence-corrected chi connectivity index (χ2v) is 2.71. The quantitative estimate of drug-likeness (QED) is 0.530. The number of carbonyl (C=O) groups is 2. The summed E-state index contributed by atoms with van der Waals surface area (Å²) < 4.78 is 0. The van der Waals surface area contributed by atoms with Gasteiger partial charge < -0.3 is 16.6 Å². The number of carboxylic acid groups (broad SMARTS) is 2. The van der Waals surface area contributed by atoms with Gasteiger partial charge in [0.05, 0.1) is 0 Å². The molecule has 2 N–H and O–H groups in total. The fraction of sp³-hybridized carbons (Fsp3) is 0.500. The molecular formula is C10H17AgO4-3. The maximum absolute atomic E-state index is 8.89. The van der Waals surface area contributed by atoms with Crippen LogP contribution in [0.25, 0.3) is 0 Å². The van der Waals surface area contributed by atoms with Crippen LogP contribution in [0.15, 0.2) is 0 Å². The molecular weight excluding hydrogens is 292 g/mol.